The summed E-state index contributed by atoms with van der Waals surface area (Å²) < 4.78 is 19.1. The maximum atomic E-state index is 13.3. The lowest BCUT2D eigenvalue weighted by atomic mass is 10.0. The summed E-state index contributed by atoms with van der Waals surface area (Å²) in [5.74, 6) is 0.246. The van der Waals surface area contributed by atoms with E-state index in [4.69, 9.17) is 10.00 Å². The van der Waals surface area contributed by atoms with Gasteiger partial charge in [0.15, 0.2) is 0 Å². The Balaban J connectivity index is 2.67. The highest BCUT2D eigenvalue weighted by molar-refractivity contribution is 14.1. The summed E-state index contributed by atoms with van der Waals surface area (Å²) in [6.45, 7) is 0.614. The van der Waals surface area contributed by atoms with Crippen LogP contribution in [0.15, 0.2) is 6.07 Å². The van der Waals surface area contributed by atoms with E-state index in [1.54, 1.807) is 0 Å². The standard InChI is InChI=1S/C10H7FINO/c11-8-4-6-2-1-3-14-10(6)7(5-13)9(8)12/h4H,1-3H2. The fourth-order valence-corrected chi connectivity index (χ4v) is 2.07. The van der Waals surface area contributed by atoms with Gasteiger partial charge >= 0.3 is 0 Å². The van der Waals surface area contributed by atoms with Crippen LogP contribution in [0.2, 0.25) is 0 Å². The van der Waals surface area contributed by atoms with Crippen LogP contribution in [0.1, 0.15) is 17.5 Å². The number of aryl methyl sites for hydroxylation is 1. The predicted octanol–water partition coefficient (Wildman–Crippen LogP) is 2.63. The minimum absolute atomic E-state index is 0.327. The van der Waals surface area contributed by atoms with Crippen molar-refractivity contribution in [2.45, 2.75) is 12.8 Å². The summed E-state index contributed by atoms with van der Waals surface area (Å²) in [6.07, 6.45) is 1.68. The Kier molecular flexibility index (Phi) is 2.59. The van der Waals surface area contributed by atoms with E-state index in [1.165, 1.54) is 6.07 Å². The molecule has 0 aliphatic carbocycles. The number of benzene rings is 1. The molecular formula is C10H7FINO. The topological polar surface area (TPSA) is 33.0 Å². The Morgan fingerprint density at radius 3 is 3.07 bits per heavy atom. The Bertz CT molecular complexity index is 425. The number of halogens is 2. The molecule has 1 aromatic rings. The lowest BCUT2D eigenvalue weighted by Crippen LogP contribution is -2.11. The quantitative estimate of drug-likeness (QED) is 0.690. The minimum Gasteiger partial charge on any atom is -0.492 e. The minimum atomic E-state index is -0.327. The van der Waals surface area contributed by atoms with Gasteiger partial charge in [-0.05, 0) is 47.1 Å². The van der Waals surface area contributed by atoms with Crippen LogP contribution in [0.4, 0.5) is 4.39 Å². The van der Waals surface area contributed by atoms with Gasteiger partial charge in [-0.2, -0.15) is 5.26 Å². The molecule has 4 heteroatoms. The molecule has 0 radical (unpaired) electrons. The van der Waals surface area contributed by atoms with E-state index in [0.717, 1.165) is 18.4 Å². The van der Waals surface area contributed by atoms with Crippen molar-refractivity contribution in [2.75, 3.05) is 6.61 Å². The van der Waals surface area contributed by atoms with Gasteiger partial charge in [-0.3, -0.25) is 0 Å². The molecule has 1 aliphatic rings. The zero-order valence-electron chi connectivity index (χ0n) is 7.31. The van der Waals surface area contributed by atoms with Gasteiger partial charge in [0.05, 0.1) is 10.2 Å². The third-order valence-electron chi connectivity index (χ3n) is 2.20. The molecule has 0 saturated carbocycles. The van der Waals surface area contributed by atoms with E-state index in [-0.39, 0.29) is 5.82 Å². The predicted molar refractivity (Wildman–Crippen MR) is 57.6 cm³/mol. The summed E-state index contributed by atoms with van der Waals surface area (Å²) in [7, 11) is 0. The zero-order valence-corrected chi connectivity index (χ0v) is 9.47. The number of nitrogens with zero attached hydrogens (tertiary/aromatic N) is 1. The third kappa shape index (κ3) is 1.46. The van der Waals surface area contributed by atoms with Crippen molar-refractivity contribution in [1.82, 2.24) is 0 Å². The normalized spacial score (nSPS) is 14.1. The number of rotatable bonds is 0. The van der Waals surface area contributed by atoms with Gasteiger partial charge in [0.25, 0.3) is 0 Å². The molecule has 0 amide bonds. The molecule has 0 aromatic heterocycles. The van der Waals surface area contributed by atoms with Gasteiger partial charge in [0, 0.05) is 0 Å². The van der Waals surface area contributed by atoms with Crippen molar-refractivity contribution >= 4 is 22.6 Å². The highest BCUT2D eigenvalue weighted by Crippen LogP contribution is 2.33. The fourth-order valence-electron chi connectivity index (χ4n) is 1.55. The molecule has 0 spiro atoms. The second-order valence-electron chi connectivity index (χ2n) is 3.10. The van der Waals surface area contributed by atoms with Crippen molar-refractivity contribution in [2.24, 2.45) is 0 Å². The molecule has 2 nitrogen and oxygen atoms in total. The third-order valence-corrected chi connectivity index (χ3v) is 3.25. The molecule has 2 rings (SSSR count). The molecule has 1 heterocycles. The molecule has 72 valence electrons. The summed E-state index contributed by atoms with van der Waals surface area (Å²) in [6, 6.07) is 3.46. The van der Waals surface area contributed by atoms with Gasteiger partial charge in [0.2, 0.25) is 0 Å². The maximum Gasteiger partial charge on any atom is 0.141 e. The number of ether oxygens (including phenoxy) is 1. The smallest absolute Gasteiger partial charge is 0.141 e. The first-order chi connectivity index (χ1) is 6.74. The largest absolute Gasteiger partial charge is 0.492 e. The second kappa shape index (κ2) is 3.73. The van der Waals surface area contributed by atoms with Crippen molar-refractivity contribution in [3.8, 4) is 11.8 Å². The second-order valence-corrected chi connectivity index (χ2v) is 4.18. The van der Waals surface area contributed by atoms with Crippen molar-refractivity contribution in [3.63, 3.8) is 0 Å². The maximum absolute atomic E-state index is 13.3. The van der Waals surface area contributed by atoms with Crippen LogP contribution < -0.4 is 4.74 Å². The first-order valence-corrected chi connectivity index (χ1v) is 5.35. The molecule has 1 aromatic carbocycles. The van der Waals surface area contributed by atoms with Crippen molar-refractivity contribution in [1.29, 1.82) is 5.26 Å². The van der Waals surface area contributed by atoms with Crippen molar-refractivity contribution < 1.29 is 9.13 Å². The lowest BCUT2D eigenvalue weighted by Gasteiger charge is -2.19. The van der Waals surface area contributed by atoms with E-state index in [9.17, 15) is 4.39 Å². The summed E-state index contributed by atoms with van der Waals surface area (Å²) >= 11 is 1.83. The fraction of sp³-hybridized carbons (Fsp3) is 0.300. The highest BCUT2D eigenvalue weighted by atomic mass is 127. The van der Waals surface area contributed by atoms with Crippen LogP contribution in [0.3, 0.4) is 0 Å². The molecule has 1 aliphatic heterocycles. The first-order valence-electron chi connectivity index (χ1n) is 4.28. The average molecular weight is 303 g/mol. The van der Waals surface area contributed by atoms with E-state index in [1.807, 2.05) is 28.7 Å². The van der Waals surface area contributed by atoms with E-state index in [0.29, 0.717) is 21.5 Å². The van der Waals surface area contributed by atoms with Gasteiger partial charge in [-0.15, -0.1) is 0 Å². The lowest BCUT2D eigenvalue weighted by molar-refractivity contribution is 0.286. The average Bonchev–Trinajstić information content (AvgIpc) is 2.20. The molecule has 0 saturated heterocycles. The van der Waals surface area contributed by atoms with Crippen LogP contribution in [-0.4, -0.2) is 6.61 Å². The summed E-state index contributed by atoms with van der Waals surface area (Å²) in [4.78, 5) is 0. The van der Waals surface area contributed by atoms with Gasteiger partial charge < -0.3 is 4.74 Å². The SMILES string of the molecule is N#Cc1c(I)c(F)cc2c1OCCC2. The molecule has 0 atom stereocenters. The van der Waals surface area contributed by atoms with Crippen LogP contribution in [0.5, 0.6) is 5.75 Å². The molecule has 0 fully saturated rings. The van der Waals surface area contributed by atoms with Crippen LogP contribution >= 0.6 is 22.6 Å². The molecule has 0 bridgehead atoms. The van der Waals surface area contributed by atoms with Crippen LogP contribution in [-0.2, 0) is 6.42 Å². The molecular weight excluding hydrogens is 296 g/mol. The van der Waals surface area contributed by atoms with Gasteiger partial charge in [-0.25, -0.2) is 4.39 Å². The molecule has 14 heavy (non-hydrogen) atoms. The zero-order chi connectivity index (χ0) is 10.1. The Labute approximate surface area is 94.8 Å². The highest BCUT2D eigenvalue weighted by Gasteiger charge is 2.20. The molecule has 0 N–H and O–H groups in total. The van der Waals surface area contributed by atoms with Gasteiger partial charge in [-0.1, -0.05) is 0 Å². The Hall–Kier alpha value is -0.830. The number of nitriles is 1. The van der Waals surface area contributed by atoms with E-state index < -0.39 is 0 Å². The number of hydrogen-bond donors (Lipinski definition) is 0. The Morgan fingerprint density at radius 2 is 2.36 bits per heavy atom. The van der Waals surface area contributed by atoms with E-state index >= 15 is 0 Å². The monoisotopic (exact) mass is 303 g/mol. The number of fused-ring (bicyclic) bond motifs is 1. The van der Waals surface area contributed by atoms with E-state index in [2.05, 4.69) is 0 Å². The Morgan fingerprint density at radius 1 is 1.57 bits per heavy atom. The van der Waals surface area contributed by atoms with Crippen molar-refractivity contribution in [3.05, 3.63) is 26.6 Å². The first kappa shape index (κ1) is 9.71. The summed E-state index contributed by atoms with van der Waals surface area (Å²) in [5, 5.41) is 8.90. The van der Waals surface area contributed by atoms with Crippen LogP contribution in [0, 0.1) is 20.7 Å². The van der Waals surface area contributed by atoms with Gasteiger partial charge in [0.1, 0.15) is 23.2 Å². The number of hydrogen-bond acceptors (Lipinski definition) is 2. The molecule has 0 unspecified atom stereocenters. The van der Waals surface area contributed by atoms with Crippen LogP contribution in [0.25, 0.3) is 0 Å². The summed E-state index contributed by atoms with van der Waals surface area (Å²) in [5.41, 5.74) is 1.14.